The van der Waals surface area contributed by atoms with Crippen LogP contribution in [0.25, 0.3) is 0 Å². The maximum Gasteiger partial charge on any atom is 0.338 e. The monoisotopic (exact) mass is 448 g/mol. The maximum atomic E-state index is 11.0. The van der Waals surface area contributed by atoms with Gasteiger partial charge in [-0.05, 0) is 76.2 Å². The molecule has 6 heteroatoms. The van der Waals surface area contributed by atoms with Crippen LogP contribution in [0.4, 0.5) is 0 Å². The molecule has 0 amide bonds. The van der Waals surface area contributed by atoms with Crippen molar-refractivity contribution >= 4 is 69.7 Å². The van der Waals surface area contributed by atoms with Crippen LogP contribution >= 0.6 is 63.7 Å². The predicted octanol–water partition coefficient (Wildman–Crippen LogP) is 4.74. The van der Waals surface area contributed by atoms with E-state index >= 15 is 0 Å². The van der Waals surface area contributed by atoms with Crippen molar-refractivity contribution in [1.29, 1.82) is 0 Å². The lowest BCUT2D eigenvalue weighted by molar-refractivity contribution is 0.0694. The highest BCUT2D eigenvalue weighted by Crippen LogP contribution is 2.41. The second kappa shape index (κ2) is 4.63. The summed E-state index contributed by atoms with van der Waals surface area (Å²) in [6, 6.07) is 0. The van der Waals surface area contributed by atoms with E-state index in [0.29, 0.717) is 8.95 Å². The van der Waals surface area contributed by atoms with E-state index in [1.807, 2.05) is 6.92 Å². The largest absolute Gasteiger partial charge is 0.478 e. The van der Waals surface area contributed by atoms with Gasteiger partial charge in [-0.25, -0.2) is 4.79 Å². The highest BCUT2D eigenvalue weighted by atomic mass is 79.9. The first kappa shape index (κ1) is 12.7. The summed E-state index contributed by atoms with van der Waals surface area (Å²) in [6.45, 7) is 1.88. The SMILES string of the molecule is Cc1c(Br)c(Br)c(C(=O)O)c(Br)c1Br. The number of halogens is 4. The van der Waals surface area contributed by atoms with Crippen molar-refractivity contribution in [2.45, 2.75) is 6.92 Å². The first-order valence-electron chi connectivity index (χ1n) is 3.43. The zero-order valence-electron chi connectivity index (χ0n) is 6.87. The molecule has 14 heavy (non-hydrogen) atoms. The van der Waals surface area contributed by atoms with Crippen molar-refractivity contribution in [1.82, 2.24) is 0 Å². The van der Waals surface area contributed by atoms with Gasteiger partial charge in [-0.15, -0.1) is 0 Å². The maximum absolute atomic E-state index is 11.0. The van der Waals surface area contributed by atoms with E-state index in [1.165, 1.54) is 0 Å². The topological polar surface area (TPSA) is 37.3 Å². The van der Waals surface area contributed by atoms with Crippen molar-refractivity contribution in [3.05, 3.63) is 29.0 Å². The lowest BCUT2D eigenvalue weighted by Crippen LogP contribution is -2.02. The molecule has 1 aromatic rings. The average molecular weight is 452 g/mol. The smallest absolute Gasteiger partial charge is 0.338 e. The number of hydrogen-bond acceptors (Lipinski definition) is 1. The minimum Gasteiger partial charge on any atom is -0.478 e. The Hall–Kier alpha value is 0.610. The van der Waals surface area contributed by atoms with Gasteiger partial charge < -0.3 is 5.11 Å². The summed E-state index contributed by atoms with van der Waals surface area (Å²) in [5.74, 6) is -0.981. The molecule has 1 aromatic carbocycles. The van der Waals surface area contributed by atoms with E-state index in [2.05, 4.69) is 63.7 Å². The van der Waals surface area contributed by atoms with E-state index < -0.39 is 5.97 Å². The van der Waals surface area contributed by atoms with Gasteiger partial charge in [0.25, 0.3) is 0 Å². The van der Waals surface area contributed by atoms with E-state index in [1.54, 1.807) is 0 Å². The number of aromatic carboxylic acids is 1. The van der Waals surface area contributed by atoms with Crippen LogP contribution in [-0.2, 0) is 0 Å². The van der Waals surface area contributed by atoms with Gasteiger partial charge in [0.05, 0.1) is 5.56 Å². The number of carboxylic acid groups (broad SMARTS) is 1. The third-order valence-electron chi connectivity index (χ3n) is 1.70. The molecule has 0 saturated carbocycles. The molecule has 0 aliphatic rings. The summed E-state index contributed by atoms with van der Waals surface area (Å²) in [4.78, 5) is 11.0. The molecule has 0 bridgehead atoms. The number of carboxylic acids is 1. The third-order valence-corrected chi connectivity index (χ3v) is 6.33. The molecule has 2 nitrogen and oxygen atoms in total. The Morgan fingerprint density at radius 3 is 1.64 bits per heavy atom. The lowest BCUT2D eigenvalue weighted by atomic mass is 10.1. The van der Waals surface area contributed by atoms with Crippen molar-refractivity contribution in [2.75, 3.05) is 0 Å². The molecule has 0 unspecified atom stereocenters. The van der Waals surface area contributed by atoms with Gasteiger partial charge in [0.2, 0.25) is 0 Å². The van der Waals surface area contributed by atoms with Crippen molar-refractivity contribution in [3.8, 4) is 0 Å². The fourth-order valence-electron chi connectivity index (χ4n) is 0.929. The lowest BCUT2D eigenvalue weighted by Gasteiger charge is -2.10. The molecule has 0 aliphatic carbocycles. The van der Waals surface area contributed by atoms with Crippen molar-refractivity contribution in [3.63, 3.8) is 0 Å². The molecule has 0 heterocycles. The third kappa shape index (κ3) is 2.08. The highest BCUT2D eigenvalue weighted by Gasteiger charge is 2.20. The van der Waals surface area contributed by atoms with Crippen LogP contribution in [0.15, 0.2) is 17.9 Å². The van der Waals surface area contributed by atoms with Crippen LogP contribution in [0.5, 0.6) is 0 Å². The molecule has 0 spiro atoms. The number of rotatable bonds is 1. The predicted molar refractivity (Wildman–Crippen MR) is 68.9 cm³/mol. The molecule has 0 aromatic heterocycles. The Morgan fingerprint density at radius 1 is 1.00 bits per heavy atom. The first-order valence-corrected chi connectivity index (χ1v) is 6.61. The molecule has 0 saturated heterocycles. The van der Waals surface area contributed by atoms with Gasteiger partial charge in [-0.1, -0.05) is 0 Å². The minimum atomic E-state index is -0.981. The van der Waals surface area contributed by atoms with Crippen LogP contribution in [0.2, 0.25) is 0 Å². The van der Waals surface area contributed by atoms with E-state index in [9.17, 15) is 4.79 Å². The van der Waals surface area contributed by atoms with Gasteiger partial charge >= 0.3 is 5.97 Å². The molecule has 0 fully saturated rings. The quantitative estimate of drug-likeness (QED) is 0.626. The molecular formula is C8H4Br4O2. The molecule has 1 N–H and O–H groups in total. The van der Waals surface area contributed by atoms with Crippen LogP contribution in [-0.4, -0.2) is 11.1 Å². The molecular weight excluding hydrogens is 448 g/mol. The summed E-state index contributed by atoms with van der Waals surface area (Å²) in [6.07, 6.45) is 0. The Bertz CT molecular complexity index is 385. The van der Waals surface area contributed by atoms with Crippen LogP contribution in [0.1, 0.15) is 15.9 Å². The number of hydrogen-bond donors (Lipinski definition) is 1. The van der Waals surface area contributed by atoms with Crippen molar-refractivity contribution < 1.29 is 9.90 Å². The van der Waals surface area contributed by atoms with Gasteiger partial charge in [-0.2, -0.15) is 0 Å². The normalized spacial score (nSPS) is 10.4. The van der Waals surface area contributed by atoms with Gasteiger partial charge in [0, 0.05) is 17.9 Å². The van der Waals surface area contributed by atoms with Gasteiger partial charge in [-0.3, -0.25) is 0 Å². The minimum absolute atomic E-state index is 0.203. The average Bonchev–Trinajstić information content (AvgIpc) is 2.11. The Balaban J connectivity index is 3.68. The van der Waals surface area contributed by atoms with Crippen molar-refractivity contribution in [2.24, 2.45) is 0 Å². The first-order chi connectivity index (χ1) is 6.37. The summed E-state index contributed by atoms with van der Waals surface area (Å²) in [5, 5.41) is 8.98. The van der Waals surface area contributed by atoms with E-state index in [-0.39, 0.29) is 5.56 Å². The fraction of sp³-hybridized carbons (Fsp3) is 0.125. The Labute approximate surface area is 115 Å². The Kier molecular flexibility index (Phi) is 4.20. The second-order valence-electron chi connectivity index (χ2n) is 2.56. The molecule has 0 radical (unpaired) electrons. The van der Waals surface area contributed by atoms with Crippen LogP contribution in [0, 0.1) is 6.92 Å². The fourth-order valence-corrected chi connectivity index (χ4v) is 3.58. The van der Waals surface area contributed by atoms with Crippen LogP contribution in [0.3, 0.4) is 0 Å². The standard InChI is InChI=1S/C8H4Br4O2/c1-2-4(9)6(11)3(8(13)14)7(12)5(2)10/h1H3,(H,13,14). The zero-order valence-corrected chi connectivity index (χ0v) is 13.2. The number of benzene rings is 1. The van der Waals surface area contributed by atoms with E-state index in [0.717, 1.165) is 14.5 Å². The molecule has 1 rings (SSSR count). The molecule has 76 valence electrons. The molecule has 0 aliphatic heterocycles. The summed E-state index contributed by atoms with van der Waals surface area (Å²) < 4.78 is 2.56. The summed E-state index contributed by atoms with van der Waals surface area (Å²) in [7, 11) is 0. The number of carbonyl (C=O) groups is 1. The zero-order chi connectivity index (χ0) is 11.0. The van der Waals surface area contributed by atoms with Crippen LogP contribution < -0.4 is 0 Å². The summed E-state index contributed by atoms with van der Waals surface area (Å²) >= 11 is 13.1. The molecule has 0 atom stereocenters. The second-order valence-corrected chi connectivity index (χ2v) is 5.73. The van der Waals surface area contributed by atoms with Gasteiger partial charge in [0.15, 0.2) is 0 Å². The summed E-state index contributed by atoms with van der Waals surface area (Å²) in [5.41, 5.74) is 1.14. The van der Waals surface area contributed by atoms with Gasteiger partial charge in [0.1, 0.15) is 0 Å². The highest BCUT2D eigenvalue weighted by molar-refractivity contribution is 9.14. The Morgan fingerprint density at radius 2 is 1.36 bits per heavy atom. The van der Waals surface area contributed by atoms with E-state index in [4.69, 9.17) is 5.11 Å².